The third-order valence-corrected chi connectivity index (χ3v) is 9.53. The fraction of sp³-hybridized carbons (Fsp3) is 0.619. The molecule has 0 aliphatic carbocycles. The van der Waals surface area contributed by atoms with Crippen LogP contribution in [0.1, 0.15) is 178 Å². The number of hydrogen-bond acceptors (Lipinski definition) is 0. The second-order valence-electron chi connectivity index (χ2n) is 13.3. The van der Waals surface area contributed by atoms with Crippen LogP contribution in [0.15, 0.2) is 59.7 Å². The SMILES string of the molecule is CCCCCCCCCCCCCCCc1cccc(C2=C(CC)C(CCCCC)=C(c3cccc(CCCC)c3)[N+]2=[N-])c1.[Ni]. The molecule has 2 nitrogen and oxygen atoms in total. The van der Waals surface area contributed by atoms with Crippen LogP contribution in [0.2, 0.25) is 0 Å². The van der Waals surface area contributed by atoms with E-state index in [1.807, 2.05) is 0 Å². The van der Waals surface area contributed by atoms with Crippen LogP contribution >= 0.6 is 0 Å². The summed E-state index contributed by atoms with van der Waals surface area (Å²) in [5, 5.41) is 0. The van der Waals surface area contributed by atoms with Gasteiger partial charge in [-0.1, -0.05) is 148 Å². The van der Waals surface area contributed by atoms with Crippen LogP contribution < -0.4 is 0 Å². The average molecular weight is 656 g/mol. The van der Waals surface area contributed by atoms with Crippen molar-refractivity contribution in [2.24, 2.45) is 0 Å². The van der Waals surface area contributed by atoms with Crippen LogP contribution in [-0.4, -0.2) is 4.70 Å². The minimum Gasteiger partial charge on any atom is -0.493 e. The molecule has 0 saturated carbocycles. The first-order valence-electron chi connectivity index (χ1n) is 18.8. The van der Waals surface area contributed by atoms with E-state index in [0.29, 0.717) is 0 Å². The molecule has 1 aliphatic heterocycles. The Hall–Kier alpha value is -1.99. The van der Waals surface area contributed by atoms with Gasteiger partial charge in [0, 0.05) is 38.8 Å². The fourth-order valence-electron chi connectivity index (χ4n) is 6.92. The topological polar surface area (TPSA) is 25.3 Å². The smallest absolute Gasteiger partial charge is 0.211 e. The van der Waals surface area contributed by atoms with Gasteiger partial charge in [-0.05, 0) is 80.3 Å². The quantitative estimate of drug-likeness (QED) is 0.0611. The number of unbranched alkanes of at least 4 members (excludes halogenated alkanes) is 15. The van der Waals surface area contributed by atoms with E-state index >= 15 is 0 Å². The molecule has 0 N–H and O–H groups in total. The molecule has 1 aliphatic rings. The number of aryl methyl sites for hydroxylation is 2. The van der Waals surface area contributed by atoms with Crippen molar-refractivity contribution in [1.29, 1.82) is 0 Å². The third kappa shape index (κ3) is 13.0. The van der Waals surface area contributed by atoms with Gasteiger partial charge in [-0.15, -0.1) is 0 Å². The van der Waals surface area contributed by atoms with E-state index in [9.17, 15) is 5.53 Å². The summed E-state index contributed by atoms with van der Waals surface area (Å²) < 4.78 is 1.55. The molecular formula is C42H64N2Ni. The Morgan fingerprint density at radius 3 is 1.36 bits per heavy atom. The first-order valence-corrected chi connectivity index (χ1v) is 18.8. The zero-order chi connectivity index (χ0) is 31.4. The Bertz CT molecular complexity index is 1190. The van der Waals surface area contributed by atoms with Crippen LogP contribution in [0.4, 0.5) is 0 Å². The second kappa shape index (κ2) is 23.4. The van der Waals surface area contributed by atoms with Gasteiger partial charge in [-0.3, -0.25) is 0 Å². The fourth-order valence-corrected chi connectivity index (χ4v) is 6.92. The van der Waals surface area contributed by atoms with Gasteiger partial charge in [0.1, 0.15) is 0 Å². The average Bonchev–Trinajstić information content (AvgIpc) is 3.33. The number of hydrogen-bond donors (Lipinski definition) is 0. The van der Waals surface area contributed by atoms with Crippen molar-refractivity contribution in [3.63, 3.8) is 0 Å². The monoisotopic (exact) mass is 654 g/mol. The van der Waals surface area contributed by atoms with Gasteiger partial charge >= 0.3 is 0 Å². The van der Waals surface area contributed by atoms with E-state index in [-0.39, 0.29) is 16.5 Å². The van der Waals surface area contributed by atoms with E-state index < -0.39 is 0 Å². The molecule has 0 unspecified atom stereocenters. The minimum atomic E-state index is 0. The molecule has 0 radical (unpaired) electrons. The van der Waals surface area contributed by atoms with Crippen molar-refractivity contribution in [2.75, 3.05) is 0 Å². The first-order chi connectivity index (χ1) is 21.6. The standard InChI is InChI=1S/C42H64N2.Ni/c1-5-9-12-13-14-15-16-17-18-19-20-21-23-27-36-29-25-30-37(34-36)41-39(8-4)40(32-22-10-6-2)42(44(41)43)38-31-24-28-35(33-38)26-11-7-3;/h24-25,28-31,33-34H,5-23,26-27,32H2,1-4H3;. The van der Waals surface area contributed by atoms with Crippen LogP contribution in [-0.2, 0) is 29.3 Å². The molecule has 2 aromatic carbocycles. The van der Waals surface area contributed by atoms with Gasteiger partial charge in [0.25, 0.3) is 0 Å². The predicted octanol–water partition coefficient (Wildman–Crippen LogP) is 13.8. The molecule has 1 heterocycles. The zero-order valence-corrected chi connectivity index (χ0v) is 30.4. The Kier molecular flexibility index (Phi) is 20.3. The molecule has 0 atom stereocenters. The van der Waals surface area contributed by atoms with E-state index in [4.69, 9.17) is 0 Å². The van der Waals surface area contributed by atoms with Crippen molar-refractivity contribution in [2.45, 2.75) is 169 Å². The molecule has 252 valence electrons. The summed E-state index contributed by atoms with van der Waals surface area (Å²) in [4.78, 5) is 0. The van der Waals surface area contributed by atoms with Crippen molar-refractivity contribution >= 4 is 11.4 Å². The minimum absolute atomic E-state index is 0. The summed E-state index contributed by atoms with van der Waals surface area (Å²) in [5.74, 6) is 0. The molecule has 3 heteroatoms. The van der Waals surface area contributed by atoms with E-state index in [1.54, 1.807) is 4.70 Å². The van der Waals surface area contributed by atoms with E-state index in [1.165, 1.54) is 131 Å². The summed E-state index contributed by atoms with van der Waals surface area (Å²) in [5.41, 5.74) is 21.6. The van der Waals surface area contributed by atoms with Crippen molar-refractivity contribution in [3.8, 4) is 0 Å². The summed E-state index contributed by atoms with van der Waals surface area (Å²) in [6.45, 7) is 9.07. The van der Waals surface area contributed by atoms with Crippen molar-refractivity contribution < 1.29 is 21.2 Å². The summed E-state index contributed by atoms with van der Waals surface area (Å²) in [6, 6.07) is 17.9. The molecule has 0 spiro atoms. The summed E-state index contributed by atoms with van der Waals surface area (Å²) >= 11 is 0. The summed E-state index contributed by atoms with van der Waals surface area (Å²) in [6.07, 6.45) is 28.2. The maximum absolute atomic E-state index is 11.9. The Morgan fingerprint density at radius 1 is 0.467 bits per heavy atom. The molecule has 0 saturated heterocycles. The maximum atomic E-state index is 11.9. The normalized spacial score (nSPS) is 13.2. The number of rotatable bonds is 24. The maximum Gasteiger partial charge on any atom is 0.211 e. The third-order valence-electron chi connectivity index (χ3n) is 9.53. The molecule has 3 rings (SSSR count). The molecule has 45 heavy (non-hydrogen) atoms. The molecule has 0 amide bonds. The van der Waals surface area contributed by atoms with E-state index in [2.05, 4.69) is 76.2 Å². The van der Waals surface area contributed by atoms with Gasteiger partial charge in [-0.2, -0.15) is 0 Å². The molecular weight excluding hydrogens is 591 g/mol. The van der Waals surface area contributed by atoms with Gasteiger partial charge < -0.3 is 5.53 Å². The number of nitrogens with zero attached hydrogens (tertiary/aromatic N) is 2. The molecule has 0 aromatic heterocycles. The van der Waals surface area contributed by atoms with Crippen molar-refractivity contribution in [3.05, 3.63) is 87.5 Å². The Balaban J connectivity index is 0.00000705. The zero-order valence-electron chi connectivity index (χ0n) is 29.4. The Morgan fingerprint density at radius 2 is 0.867 bits per heavy atom. The van der Waals surface area contributed by atoms with Crippen LogP contribution in [0.3, 0.4) is 0 Å². The van der Waals surface area contributed by atoms with Gasteiger partial charge in [0.2, 0.25) is 11.4 Å². The second-order valence-corrected chi connectivity index (χ2v) is 13.3. The summed E-state index contributed by atoms with van der Waals surface area (Å²) in [7, 11) is 0. The van der Waals surface area contributed by atoms with Crippen LogP contribution in [0.5, 0.6) is 0 Å². The van der Waals surface area contributed by atoms with Gasteiger partial charge in [0.15, 0.2) is 0 Å². The number of allylic oxidation sites excluding steroid dienone is 2. The molecule has 0 bridgehead atoms. The van der Waals surface area contributed by atoms with Crippen molar-refractivity contribution in [1.82, 2.24) is 0 Å². The van der Waals surface area contributed by atoms with Crippen LogP contribution in [0, 0.1) is 0 Å². The first kappa shape index (κ1) is 39.2. The van der Waals surface area contributed by atoms with Crippen LogP contribution in [0.25, 0.3) is 16.9 Å². The molecule has 0 fully saturated rings. The van der Waals surface area contributed by atoms with E-state index in [0.717, 1.165) is 54.6 Å². The Labute approximate surface area is 288 Å². The largest absolute Gasteiger partial charge is 0.493 e. The number of benzene rings is 2. The van der Waals surface area contributed by atoms with Gasteiger partial charge in [-0.25, -0.2) is 4.70 Å². The molecule has 2 aromatic rings. The van der Waals surface area contributed by atoms with Gasteiger partial charge in [0.05, 0.1) is 0 Å². The predicted molar refractivity (Wildman–Crippen MR) is 193 cm³/mol.